The zero-order valence-electron chi connectivity index (χ0n) is 54.3. The van der Waals surface area contributed by atoms with E-state index in [0.717, 1.165) is 59.8 Å². The summed E-state index contributed by atoms with van der Waals surface area (Å²) in [5, 5.41) is 44.9. The second-order valence-corrected chi connectivity index (χ2v) is 26.6. The third kappa shape index (κ3) is 20.1. The van der Waals surface area contributed by atoms with Crippen molar-refractivity contribution in [2.24, 2.45) is 46.0 Å². The summed E-state index contributed by atoms with van der Waals surface area (Å²) in [5.74, 6) is 8.11. The van der Waals surface area contributed by atoms with Crippen molar-refractivity contribution in [2.75, 3.05) is 42.9 Å². The Kier molecular flexibility index (Phi) is 24.2. The van der Waals surface area contributed by atoms with E-state index >= 15 is 0 Å². The summed E-state index contributed by atoms with van der Waals surface area (Å²) in [6.45, 7) is 0. The van der Waals surface area contributed by atoms with Crippen LogP contribution in [0.3, 0.4) is 0 Å². The number of alkyl halides is 9. The molecule has 9 N–H and O–H groups in total. The Hall–Kier alpha value is -10.1. The molecule has 21 nitrogen and oxygen atoms in total. The van der Waals surface area contributed by atoms with Crippen LogP contribution in [0.1, 0.15) is 76.7 Å². The summed E-state index contributed by atoms with van der Waals surface area (Å²) in [7, 11) is 0.306. The number of nitrogens with one attached hydrogen (secondary N) is 5. The predicted molar refractivity (Wildman–Crippen MR) is 363 cm³/mol. The smallest absolute Gasteiger partial charge is 0.465 e. The standard InChI is InChI=1S/C20H24N4OS.C18H17F3N4O2S.C17H16F3N5O2.C13H10BF3O3/c25-18(11-26-19-21-12-22-24-19)23-17-3-1-16(2-4-17)20-8-13-5-14(9-20)7-15(6-13)10-20;1-22-28(26,27)14-6-7-16(15(9-14)17-10-25(2)11-23-17)24-13-5-3-4-12(8-13)18(19,20)21;1-22-25-15(24-21)13-8-10(16(26)27-2)6-7-14(13)23-12-5-3-4-11(9-12)17(18,19)20;15-13(16,17)9-3-1-5-11(7-9)20-12-6-2-4-10(8-12)14(18)19/h1-4,12-15H,5-11H2,(H,23,25)(H,21,22,24);3-11,22,24H,1-2H3;3-9,23H,21H2,1-2H3;1-8,18-19H. The van der Waals surface area contributed by atoms with Crippen LogP contribution < -0.4 is 36.7 Å². The number of carbonyl (C=O) groups excluding carboxylic acids is 2. The molecule has 0 radical (unpaired) electrons. The number of azo groups is 1. The zero-order chi connectivity index (χ0) is 72.9. The first-order valence-corrected chi connectivity index (χ1v) is 33.4. The maximum absolute atomic E-state index is 13.0. The van der Waals surface area contributed by atoms with Crippen LogP contribution in [0, 0.1) is 17.8 Å². The number of halogens is 9. The fourth-order valence-corrected chi connectivity index (χ4v) is 13.8. The Morgan fingerprint density at radius 2 is 1.29 bits per heavy atom. The van der Waals surface area contributed by atoms with Gasteiger partial charge in [0.15, 0.2) is 5.16 Å². The third-order valence-corrected chi connectivity index (χ3v) is 18.9. The number of anilines is 5. The van der Waals surface area contributed by atoms with Gasteiger partial charge in [-0.1, -0.05) is 54.2 Å². The highest BCUT2D eigenvalue weighted by atomic mass is 32.2. The van der Waals surface area contributed by atoms with Crippen molar-refractivity contribution in [3.05, 3.63) is 210 Å². The number of amides is 1. The zero-order valence-corrected chi connectivity index (χ0v) is 55.9. The van der Waals surface area contributed by atoms with E-state index in [1.807, 2.05) is 0 Å². The third-order valence-electron chi connectivity index (χ3n) is 16.6. The first kappa shape index (κ1) is 75.1. The minimum Gasteiger partial charge on any atom is -0.465 e. The number of H-pyrrole nitrogens is 1. The maximum atomic E-state index is 13.0. The molecule has 0 aliphatic heterocycles. The van der Waals surface area contributed by atoms with E-state index < -0.39 is 58.3 Å². The number of esters is 1. The Morgan fingerprint density at radius 1 is 0.723 bits per heavy atom. The number of nitrogens with two attached hydrogens (primary N) is 1. The lowest BCUT2D eigenvalue weighted by Gasteiger charge is -2.57. The van der Waals surface area contributed by atoms with Crippen molar-refractivity contribution in [3.63, 3.8) is 0 Å². The number of hydrazone groups is 1. The molecule has 0 spiro atoms. The largest absolute Gasteiger partial charge is 0.488 e. The Morgan fingerprint density at radius 3 is 1.81 bits per heavy atom. The molecule has 7 aromatic carbocycles. The molecule has 4 fully saturated rings. The monoisotopic (exact) mass is 1440 g/mol. The number of imidazole rings is 1. The number of rotatable bonds is 17. The van der Waals surface area contributed by atoms with Crippen LogP contribution in [-0.4, -0.2) is 95.0 Å². The Bertz CT molecular complexity index is 4490. The quantitative estimate of drug-likeness (QED) is 0.00484. The summed E-state index contributed by atoms with van der Waals surface area (Å²) in [4.78, 5) is 32.1. The Balaban J connectivity index is 0.000000158. The van der Waals surface area contributed by atoms with Gasteiger partial charge in [0.05, 0.1) is 52.0 Å². The van der Waals surface area contributed by atoms with E-state index in [1.165, 1.54) is 180 Å². The average Bonchev–Trinajstić information content (AvgIpc) is 1.21. The first-order chi connectivity index (χ1) is 47.9. The fourth-order valence-electron chi connectivity index (χ4n) is 12.4. The van der Waals surface area contributed by atoms with Crippen molar-refractivity contribution in [1.82, 2.24) is 29.5 Å². The van der Waals surface area contributed by atoms with Crippen LogP contribution in [0.2, 0.25) is 0 Å². The molecule has 0 saturated heterocycles. The van der Waals surface area contributed by atoms with E-state index in [0.29, 0.717) is 39.0 Å². The molecular formula is C68H67BF9N13O8S2. The predicted octanol–water partition coefficient (Wildman–Crippen LogP) is 13.9. The van der Waals surface area contributed by atoms with E-state index in [1.54, 1.807) is 24.1 Å². The lowest BCUT2D eigenvalue weighted by molar-refractivity contribution is -0.138. The molecule has 4 aliphatic rings. The van der Waals surface area contributed by atoms with Gasteiger partial charge in [0.1, 0.15) is 17.8 Å². The van der Waals surface area contributed by atoms with Gasteiger partial charge in [-0.15, -0.1) is 5.11 Å². The molecule has 101 heavy (non-hydrogen) atoms. The summed E-state index contributed by atoms with van der Waals surface area (Å²) in [5.41, 5.74) is 3.10. The van der Waals surface area contributed by atoms with Gasteiger partial charge in [-0.05, 0) is 195 Å². The topological polar surface area (TPSA) is 298 Å². The number of thioether (sulfide) groups is 1. The SMILES string of the molecule is CN=NC(=NN)c1cc(C(=O)OC)ccc1Nc1cccc(C(F)(F)F)c1.CNS(=O)(=O)c1ccc(Nc2cccc(C(F)(F)F)c2)c(-c2cn(C)cn2)c1.O=C(CSc1ncn[nH]1)Nc1ccc(C23CC4CC(CC(C4)C2)C3)cc1.OB(O)c1cccc(Oc2cccc(C(F)(F)F)c2)c1. The number of hydrogen-bond acceptors (Lipinski definition) is 17. The highest BCUT2D eigenvalue weighted by Gasteiger charge is 2.51. The second kappa shape index (κ2) is 32.5. The highest BCUT2D eigenvalue weighted by Crippen LogP contribution is 2.61. The molecule has 9 aromatic rings. The minimum absolute atomic E-state index is 0.0160. The van der Waals surface area contributed by atoms with Crippen molar-refractivity contribution < 1.29 is 77.0 Å². The molecule has 13 rings (SSSR count). The summed E-state index contributed by atoms with van der Waals surface area (Å²) in [6.07, 6.45) is -0.183. The Labute approximate surface area is 578 Å². The van der Waals surface area contributed by atoms with Gasteiger partial charge in [-0.3, -0.25) is 9.89 Å². The van der Waals surface area contributed by atoms with E-state index in [2.05, 4.69) is 85.2 Å². The number of carbonyl (C=O) groups is 2. The van der Waals surface area contributed by atoms with Crippen LogP contribution in [0.4, 0.5) is 68.0 Å². The number of aromatic amines is 1. The molecular weight excluding hydrogens is 1370 g/mol. The van der Waals surface area contributed by atoms with Crippen molar-refractivity contribution in [2.45, 2.75) is 72.5 Å². The van der Waals surface area contributed by atoms with Gasteiger partial charge in [0.25, 0.3) is 0 Å². The molecule has 0 unspecified atom stereocenters. The van der Waals surface area contributed by atoms with Gasteiger partial charge in [0, 0.05) is 59.9 Å². The average molecular weight is 1440 g/mol. The van der Waals surface area contributed by atoms with E-state index in [4.69, 9.17) is 20.6 Å². The lowest BCUT2D eigenvalue weighted by Crippen LogP contribution is -2.48. The lowest BCUT2D eigenvalue weighted by atomic mass is 9.48. The minimum atomic E-state index is -4.48. The molecule has 530 valence electrons. The molecule has 0 atom stereocenters. The van der Waals surface area contributed by atoms with Crippen molar-refractivity contribution in [3.8, 4) is 22.8 Å². The number of hydrogen-bond donors (Lipinski definition) is 8. The number of nitrogens with zero attached hydrogens (tertiary/aromatic N) is 7. The van der Waals surface area contributed by atoms with E-state index in [-0.39, 0.29) is 56.1 Å². The molecule has 2 aromatic heterocycles. The molecule has 4 aliphatic carbocycles. The maximum Gasteiger partial charge on any atom is 0.488 e. The van der Waals surface area contributed by atoms with Gasteiger partial charge in [0.2, 0.25) is 21.8 Å². The molecule has 2 heterocycles. The summed E-state index contributed by atoms with van der Waals surface area (Å²) < 4.78 is 153. The van der Waals surface area contributed by atoms with Gasteiger partial charge >= 0.3 is 31.6 Å². The van der Waals surface area contributed by atoms with Crippen LogP contribution >= 0.6 is 11.8 Å². The van der Waals surface area contributed by atoms with E-state index in [9.17, 15) is 57.5 Å². The number of aromatic nitrogens is 5. The summed E-state index contributed by atoms with van der Waals surface area (Å²) >= 11 is 1.35. The van der Waals surface area contributed by atoms with Crippen LogP contribution in [0.15, 0.2) is 202 Å². The normalized spacial score (nSPS) is 17.1. The number of methoxy groups -OCH3 is 1. The number of amidine groups is 1. The molecule has 4 saturated carbocycles. The van der Waals surface area contributed by atoms with Crippen molar-refractivity contribution in [1.29, 1.82) is 0 Å². The number of ether oxygens (including phenoxy) is 2. The fraction of sp³-hybridized carbons (Fsp3) is 0.265. The molecule has 1 amide bonds. The summed E-state index contributed by atoms with van der Waals surface area (Å²) in [6, 6.07) is 37.0. The number of aryl methyl sites for hydroxylation is 1. The van der Waals surface area contributed by atoms with Crippen LogP contribution in [0.25, 0.3) is 11.3 Å². The van der Waals surface area contributed by atoms with Gasteiger partial charge < -0.3 is 45.9 Å². The molecule has 33 heteroatoms. The number of benzene rings is 7. The van der Waals surface area contributed by atoms with Crippen LogP contribution in [0.5, 0.6) is 11.5 Å². The molecule has 4 bridgehead atoms. The van der Waals surface area contributed by atoms with Crippen molar-refractivity contribution >= 4 is 80.5 Å². The van der Waals surface area contributed by atoms with Gasteiger partial charge in [-0.25, -0.2) is 27.9 Å². The van der Waals surface area contributed by atoms with Gasteiger partial charge in [-0.2, -0.15) is 54.8 Å². The first-order valence-electron chi connectivity index (χ1n) is 30.9. The second-order valence-electron chi connectivity index (χ2n) is 23.7. The highest BCUT2D eigenvalue weighted by molar-refractivity contribution is 7.99. The number of sulfonamides is 1. The van der Waals surface area contributed by atoms with Crippen LogP contribution in [-0.2, 0) is 50.5 Å².